The highest BCUT2D eigenvalue weighted by Gasteiger charge is 2.14. The van der Waals surface area contributed by atoms with Crippen molar-refractivity contribution in [2.45, 2.75) is 51.0 Å². The number of amides is 1. The SMILES string of the molecule is O=C(/C=C/c1ccc2c(c1)OCO2)NC1CCCCCCC1. The zero-order valence-corrected chi connectivity index (χ0v) is 12.8. The van der Waals surface area contributed by atoms with Gasteiger partial charge in [0.2, 0.25) is 12.7 Å². The molecule has 0 spiro atoms. The first-order chi connectivity index (χ1) is 10.8. The van der Waals surface area contributed by atoms with Crippen molar-refractivity contribution >= 4 is 12.0 Å². The lowest BCUT2D eigenvalue weighted by Crippen LogP contribution is -2.34. The number of hydrogen-bond donors (Lipinski definition) is 1. The quantitative estimate of drug-likeness (QED) is 0.867. The van der Waals surface area contributed by atoms with Crippen LogP contribution in [0.25, 0.3) is 6.08 Å². The summed E-state index contributed by atoms with van der Waals surface area (Å²) in [5, 5.41) is 3.13. The predicted octanol–water partition coefficient (Wildman–Crippen LogP) is 3.66. The molecule has 0 aromatic heterocycles. The van der Waals surface area contributed by atoms with Gasteiger partial charge in [0.1, 0.15) is 0 Å². The van der Waals surface area contributed by atoms with Gasteiger partial charge < -0.3 is 14.8 Å². The van der Waals surface area contributed by atoms with Gasteiger partial charge in [0.05, 0.1) is 0 Å². The highest BCUT2D eigenvalue weighted by atomic mass is 16.7. The summed E-state index contributed by atoms with van der Waals surface area (Å²) in [6.45, 7) is 0.269. The topological polar surface area (TPSA) is 47.6 Å². The van der Waals surface area contributed by atoms with Crippen molar-refractivity contribution in [3.63, 3.8) is 0 Å². The molecule has 1 aliphatic heterocycles. The van der Waals surface area contributed by atoms with Crippen LogP contribution in [-0.2, 0) is 4.79 Å². The average molecular weight is 301 g/mol. The first kappa shape index (κ1) is 14.9. The van der Waals surface area contributed by atoms with Gasteiger partial charge in [-0.3, -0.25) is 4.79 Å². The summed E-state index contributed by atoms with van der Waals surface area (Å²) in [5.74, 6) is 1.49. The summed E-state index contributed by atoms with van der Waals surface area (Å²) in [6, 6.07) is 6.01. The number of nitrogens with one attached hydrogen (secondary N) is 1. The van der Waals surface area contributed by atoms with E-state index >= 15 is 0 Å². The zero-order valence-electron chi connectivity index (χ0n) is 12.8. The first-order valence-electron chi connectivity index (χ1n) is 8.19. The minimum Gasteiger partial charge on any atom is -0.454 e. The minimum atomic E-state index is -0.0109. The summed E-state index contributed by atoms with van der Waals surface area (Å²) in [6.07, 6.45) is 12.0. The third kappa shape index (κ3) is 4.03. The third-order valence-corrected chi connectivity index (χ3v) is 4.28. The summed E-state index contributed by atoms with van der Waals surface area (Å²) in [5.41, 5.74) is 0.942. The minimum absolute atomic E-state index is 0.0109. The molecule has 1 amide bonds. The van der Waals surface area contributed by atoms with Gasteiger partial charge in [0.25, 0.3) is 0 Å². The molecule has 0 saturated heterocycles. The highest BCUT2D eigenvalue weighted by Crippen LogP contribution is 2.32. The molecule has 1 aromatic rings. The van der Waals surface area contributed by atoms with Crippen molar-refractivity contribution in [1.29, 1.82) is 0 Å². The normalized spacial score (nSPS) is 18.9. The zero-order chi connectivity index (χ0) is 15.2. The van der Waals surface area contributed by atoms with Crippen LogP contribution in [0.4, 0.5) is 0 Å². The lowest BCUT2D eigenvalue weighted by molar-refractivity contribution is -0.117. The standard InChI is InChI=1S/C18H23NO3/c20-18(19-15-6-4-2-1-3-5-7-15)11-9-14-8-10-16-17(12-14)22-13-21-16/h8-12,15H,1-7,13H2,(H,19,20)/b11-9+. The number of benzene rings is 1. The van der Waals surface area contributed by atoms with Crippen LogP contribution < -0.4 is 14.8 Å². The van der Waals surface area contributed by atoms with Crippen LogP contribution in [0.15, 0.2) is 24.3 Å². The van der Waals surface area contributed by atoms with E-state index in [2.05, 4.69) is 5.32 Å². The van der Waals surface area contributed by atoms with E-state index in [1.807, 2.05) is 24.3 Å². The van der Waals surface area contributed by atoms with E-state index in [1.165, 1.54) is 32.1 Å². The Bertz CT molecular complexity index is 545. The van der Waals surface area contributed by atoms with Crippen molar-refractivity contribution in [1.82, 2.24) is 5.32 Å². The van der Waals surface area contributed by atoms with Gasteiger partial charge in [-0.25, -0.2) is 0 Å². The Hall–Kier alpha value is -1.97. The molecule has 2 aliphatic rings. The van der Waals surface area contributed by atoms with Crippen LogP contribution in [0, 0.1) is 0 Å². The first-order valence-corrected chi connectivity index (χ1v) is 8.19. The van der Waals surface area contributed by atoms with E-state index in [9.17, 15) is 4.79 Å². The van der Waals surface area contributed by atoms with Gasteiger partial charge in [-0.2, -0.15) is 0 Å². The van der Waals surface area contributed by atoms with Crippen LogP contribution in [0.1, 0.15) is 50.5 Å². The van der Waals surface area contributed by atoms with Crippen molar-refractivity contribution in [2.75, 3.05) is 6.79 Å². The predicted molar refractivity (Wildman–Crippen MR) is 85.8 cm³/mol. The molecule has 1 fully saturated rings. The molecule has 118 valence electrons. The van der Waals surface area contributed by atoms with Crippen molar-refractivity contribution in [3.8, 4) is 11.5 Å². The van der Waals surface area contributed by atoms with Crippen LogP contribution >= 0.6 is 0 Å². The average Bonchev–Trinajstić information content (AvgIpc) is 2.95. The molecule has 1 N–H and O–H groups in total. The Balaban J connectivity index is 1.54. The van der Waals surface area contributed by atoms with Gasteiger partial charge in [0, 0.05) is 12.1 Å². The molecular weight excluding hydrogens is 278 g/mol. The van der Waals surface area contributed by atoms with Crippen molar-refractivity contribution < 1.29 is 14.3 Å². The van der Waals surface area contributed by atoms with E-state index in [1.54, 1.807) is 6.08 Å². The Morgan fingerprint density at radius 2 is 1.77 bits per heavy atom. The summed E-state index contributed by atoms with van der Waals surface area (Å²) in [4.78, 5) is 12.1. The van der Waals surface area contributed by atoms with Crippen molar-refractivity contribution in [2.24, 2.45) is 0 Å². The number of carbonyl (C=O) groups is 1. The molecule has 0 unspecified atom stereocenters. The van der Waals surface area contributed by atoms with E-state index < -0.39 is 0 Å². The molecule has 0 radical (unpaired) electrons. The summed E-state index contributed by atoms with van der Waals surface area (Å²) >= 11 is 0. The Morgan fingerprint density at radius 3 is 2.59 bits per heavy atom. The van der Waals surface area contributed by atoms with Crippen LogP contribution in [0.3, 0.4) is 0 Å². The maximum Gasteiger partial charge on any atom is 0.244 e. The molecule has 22 heavy (non-hydrogen) atoms. The second-order valence-electron chi connectivity index (χ2n) is 6.00. The molecular formula is C18H23NO3. The number of rotatable bonds is 3. The smallest absolute Gasteiger partial charge is 0.244 e. The van der Waals surface area contributed by atoms with Gasteiger partial charge in [-0.05, 0) is 36.6 Å². The lowest BCUT2D eigenvalue weighted by Gasteiger charge is -2.20. The van der Waals surface area contributed by atoms with E-state index in [0.717, 1.165) is 29.9 Å². The number of hydrogen-bond acceptors (Lipinski definition) is 3. The fourth-order valence-corrected chi connectivity index (χ4v) is 3.04. The largest absolute Gasteiger partial charge is 0.454 e. The monoisotopic (exact) mass is 301 g/mol. The lowest BCUT2D eigenvalue weighted by atomic mass is 9.97. The van der Waals surface area contributed by atoms with Crippen molar-refractivity contribution in [3.05, 3.63) is 29.8 Å². The van der Waals surface area contributed by atoms with Crippen LogP contribution in [0.5, 0.6) is 11.5 Å². The molecule has 0 atom stereocenters. The fraction of sp³-hybridized carbons (Fsp3) is 0.500. The van der Waals surface area contributed by atoms with Gasteiger partial charge in [-0.1, -0.05) is 38.2 Å². The molecule has 1 aromatic carbocycles. The molecule has 1 heterocycles. The second-order valence-corrected chi connectivity index (χ2v) is 6.00. The number of fused-ring (bicyclic) bond motifs is 1. The number of ether oxygens (including phenoxy) is 2. The maximum absolute atomic E-state index is 12.1. The fourth-order valence-electron chi connectivity index (χ4n) is 3.04. The molecule has 1 aliphatic carbocycles. The third-order valence-electron chi connectivity index (χ3n) is 4.28. The van der Waals surface area contributed by atoms with Gasteiger partial charge in [-0.15, -0.1) is 0 Å². The molecule has 1 saturated carbocycles. The highest BCUT2D eigenvalue weighted by molar-refractivity contribution is 5.92. The molecule has 4 nitrogen and oxygen atoms in total. The summed E-state index contributed by atoms with van der Waals surface area (Å²) in [7, 11) is 0. The maximum atomic E-state index is 12.1. The number of carbonyl (C=O) groups excluding carboxylic acids is 1. The molecule has 0 bridgehead atoms. The Labute approximate surface area is 131 Å². The van der Waals surface area contributed by atoms with E-state index in [-0.39, 0.29) is 12.7 Å². The van der Waals surface area contributed by atoms with Gasteiger partial charge in [0.15, 0.2) is 11.5 Å². The van der Waals surface area contributed by atoms with Crippen LogP contribution in [-0.4, -0.2) is 18.7 Å². The Morgan fingerprint density at radius 1 is 1.05 bits per heavy atom. The Kier molecular flexibility index (Phi) is 4.99. The van der Waals surface area contributed by atoms with Crippen LogP contribution in [0.2, 0.25) is 0 Å². The van der Waals surface area contributed by atoms with E-state index in [4.69, 9.17) is 9.47 Å². The van der Waals surface area contributed by atoms with Gasteiger partial charge >= 0.3 is 0 Å². The second kappa shape index (κ2) is 7.34. The molecule has 3 rings (SSSR count). The summed E-state index contributed by atoms with van der Waals surface area (Å²) < 4.78 is 10.6. The molecule has 4 heteroatoms. The van der Waals surface area contributed by atoms with E-state index in [0.29, 0.717) is 6.04 Å².